The summed E-state index contributed by atoms with van der Waals surface area (Å²) >= 11 is 0. The molecule has 0 N–H and O–H groups in total. The Kier molecular flexibility index (Phi) is 5.33. The van der Waals surface area contributed by atoms with Crippen LogP contribution in [0.4, 0.5) is 4.79 Å². The first-order valence-corrected chi connectivity index (χ1v) is 8.53. The Morgan fingerprint density at radius 2 is 1.84 bits per heavy atom. The lowest BCUT2D eigenvalue weighted by Crippen LogP contribution is -2.48. The van der Waals surface area contributed by atoms with Crippen molar-refractivity contribution in [3.8, 4) is 0 Å². The molecule has 0 bridgehead atoms. The van der Waals surface area contributed by atoms with E-state index in [2.05, 4.69) is 0 Å². The molecule has 0 aromatic heterocycles. The van der Waals surface area contributed by atoms with Gasteiger partial charge in [0.2, 0.25) is 11.8 Å². The van der Waals surface area contributed by atoms with Gasteiger partial charge in [0.1, 0.15) is 13.2 Å². The molecule has 7 nitrogen and oxygen atoms in total. The number of urea groups is 1. The standard InChI is InChI=1S/C18H23N3O4/c1-19-16(22)11-21(18(19)24)15-7-9-20(10-8-15)17(23)13-25-12-14-5-3-2-4-6-14/h2-6,15H,7-13H2,1H3. The van der Waals surface area contributed by atoms with E-state index in [0.29, 0.717) is 32.5 Å². The fourth-order valence-electron chi connectivity index (χ4n) is 3.25. The van der Waals surface area contributed by atoms with Crippen molar-refractivity contribution in [3.05, 3.63) is 35.9 Å². The number of hydrogen-bond donors (Lipinski definition) is 0. The predicted octanol–water partition coefficient (Wildman–Crippen LogP) is 1.09. The predicted molar refractivity (Wildman–Crippen MR) is 90.6 cm³/mol. The maximum atomic E-state index is 12.2. The van der Waals surface area contributed by atoms with E-state index in [1.54, 1.807) is 9.80 Å². The average molecular weight is 345 g/mol. The molecule has 4 amide bonds. The van der Waals surface area contributed by atoms with Gasteiger partial charge in [0.25, 0.3) is 0 Å². The molecule has 2 saturated heterocycles. The van der Waals surface area contributed by atoms with Crippen LogP contribution in [0.3, 0.4) is 0 Å². The molecule has 134 valence electrons. The molecule has 25 heavy (non-hydrogen) atoms. The van der Waals surface area contributed by atoms with E-state index < -0.39 is 0 Å². The second kappa shape index (κ2) is 7.65. The van der Waals surface area contributed by atoms with Gasteiger partial charge in [-0.1, -0.05) is 30.3 Å². The number of benzene rings is 1. The van der Waals surface area contributed by atoms with Crippen LogP contribution in [0.25, 0.3) is 0 Å². The Balaban J connectivity index is 1.42. The molecule has 2 aliphatic rings. The number of imide groups is 1. The van der Waals surface area contributed by atoms with E-state index >= 15 is 0 Å². The Morgan fingerprint density at radius 3 is 2.44 bits per heavy atom. The number of hydrogen-bond acceptors (Lipinski definition) is 4. The van der Waals surface area contributed by atoms with Crippen LogP contribution in [0.15, 0.2) is 30.3 Å². The molecule has 2 fully saturated rings. The molecule has 7 heteroatoms. The monoisotopic (exact) mass is 345 g/mol. The first-order valence-electron chi connectivity index (χ1n) is 8.53. The minimum Gasteiger partial charge on any atom is -0.367 e. The van der Waals surface area contributed by atoms with Crippen LogP contribution in [0, 0.1) is 0 Å². The summed E-state index contributed by atoms with van der Waals surface area (Å²) in [6.07, 6.45) is 1.38. The van der Waals surface area contributed by atoms with Crippen molar-refractivity contribution in [3.63, 3.8) is 0 Å². The van der Waals surface area contributed by atoms with Gasteiger partial charge in [0.05, 0.1) is 6.61 Å². The van der Waals surface area contributed by atoms with Crippen molar-refractivity contribution in [1.29, 1.82) is 0 Å². The van der Waals surface area contributed by atoms with Crippen molar-refractivity contribution in [2.45, 2.75) is 25.5 Å². The molecule has 1 aromatic rings. The third kappa shape index (κ3) is 3.99. The topological polar surface area (TPSA) is 70.2 Å². The molecule has 0 spiro atoms. The third-order valence-corrected chi connectivity index (χ3v) is 4.81. The minimum absolute atomic E-state index is 0.0238. The van der Waals surface area contributed by atoms with Gasteiger partial charge in [-0.3, -0.25) is 14.5 Å². The maximum absolute atomic E-state index is 12.2. The molecular weight excluding hydrogens is 322 g/mol. The van der Waals surface area contributed by atoms with E-state index in [-0.39, 0.29) is 37.0 Å². The SMILES string of the molecule is CN1C(=O)CN(C2CCN(C(=O)COCc3ccccc3)CC2)C1=O. The van der Waals surface area contributed by atoms with Crippen LogP contribution in [0.5, 0.6) is 0 Å². The molecule has 2 heterocycles. The Hall–Kier alpha value is -2.41. The number of ether oxygens (including phenoxy) is 1. The fraction of sp³-hybridized carbons (Fsp3) is 0.500. The van der Waals surface area contributed by atoms with Crippen LogP contribution in [-0.4, -0.2) is 71.9 Å². The maximum Gasteiger partial charge on any atom is 0.327 e. The first-order chi connectivity index (χ1) is 12.1. The Morgan fingerprint density at radius 1 is 1.16 bits per heavy atom. The van der Waals surface area contributed by atoms with Gasteiger partial charge >= 0.3 is 6.03 Å². The molecule has 0 aliphatic carbocycles. The van der Waals surface area contributed by atoms with E-state index in [9.17, 15) is 14.4 Å². The Bertz CT molecular complexity index is 641. The number of carbonyl (C=O) groups is 3. The number of carbonyl (C=O) groups excluding carboxylic acids is 3. The highest BCUT2D eigenvalue weighted by Crippen LogP contribution is 2.21. The number of likely N-dealkylation sites (tertiary alicyclic amines) is 1. The zero-order chi connectivity index (χ0) is 17.8. The van der Waals surface area contributed by atoms with Crippen LogP contribution >= 0.6 is 0 Å². The average Bonchev–Trinajstić information content (AvgIpc) is 2.90. The number of rotatable bonds is 5. The lowest BCUT2D eigenvalue weighted by Gasteiger charge is -2.36. The summed E-state index contributed by atoms with van der Waals surface area (Å²) in [6, 6.07) is 9.52. The third-order valence-electron chi connectivity index (χ3n) is 4.81. The van der Waals surface area contributed by atoms with Gasteiger partial charge in [-0.05, 0) is 18.4 Å². The second-order valence-electron chi connectivity index (χ2n) is 6.45. The summed E-state index contributed by atoms with van der Waals surface area (Å²) in [5.41, 5.74) is 1.04. The van der Waals surface area contributed by atoms with Crippen molar-refractivity contribution in [1.82, 2.24) is 14.7 Å². The first kappa shape index (κ1) is 17.4. The lowest BCUT2D eigenvalue weighted by molar-refractivity contribution is -0.138. The van der Waals surface area contributed by atoms with E-state index in [4.69, 9.17) is 4.74 Å². The van der Waals surface area contributed by atoms with Crippen molar-refractivity contribution in [2.75, 3.05) is 33.3 Å². The number of likely N-dealkylation sites (N-methyl/N-ethyl adjacent to an activating group) is 1. The number of nitrogens with zero attached hydrogens (tertiary/aromatic N) is 3. The van der Waals surface area contributed by atoms with E-state index in [1.807, 2.05) is 30.3 Å². The molecular formula is C18H23N3O4. The van der Waals surface area contributed by atoms with Crippen molar-refractivity contribution >= 4 is 17.8 Å². The van der Waals surface area contributed by atoms with Gasteiger partial charge in [-0.25, -0.2) is 4.79 Å². The van der Waals surface area contributed by atoms with Crippen LogP contribution < -0.4 is 0 Å². The molecule has 1 aromatic carbocycles. The van der Waals surface area contributed by atoms with Gasteiger partial charge in [-0.15, -0.1) is 0 Å². The van der Waals surface area contributed by atoms with E-state index in [0.717, 1.165) is 10.5 Å². The summed E-state index contributed by atoms with van der Waals surface area (Å²) in [7, 11) is 1.51. The molecule has 2 aliphatic heterocycles. The highest BCUT2D eigenvalue weighted by molar-refractivity contribution is 6.01. The van der Waals surface area contributed by atoms with Crippen LogP contribution in [0.2, 0.25) is 0 Å². The largest absolute Gasteiger partial charge is 0.367 e. The molecule has 0 unspecified atom stereocenters. The summed E-state index contributed by atoms with van der Waals surface area (Å²) in [6.45, 7) is 1.79. The highest BCUT2D eigenvalue weighted by atomic mass is 16.5. The second-order valence-corrected chi connectivity index (χ2v) is 6.45. The highest BCUT2D eigenvalue weighted by Gasteiger charge is 2.38. The lowest BCUT2D eigenvalue weighted by atomic mass is 10.0. The van der Waals surface area contributed by atoms with Crippen LogP contribution in [-0.2, 0) is 20.9 Å². The smallest absolute Gasteiger partial charge is 0.327 e. The van der Waals surface area contributed by atoms with Gasteiger partial charge in [0.15, 0.2) is 0 Å². The van der Waals surface area contributed by atoms with Crippen molar-refractivity contribution < 1.29 is 19.1 Å². The molecule has 0 atom stereocenters. The van der Waals surface area contributed by atoms with Crippen LogP contribution in [0.1, 0.15) is 18.4 Å². The van der Waals surface area contributed by atoms with E-state index in [1.165, 1.54) is 7.05 Å². The summed E-state index contributed by atoms with van der Waals surface area (Å²) in [5.74, 6) is -0.201. The van der Waals surface area contributed by atoms with Gasteiger partial charge < -0.3 is 14.5 Å². The number of piperidine rings is 1. The molecule has 0 radical (unpaired) electrons. The normalized spacial score (nSPS) is 19.0. The fourth-order valence-corrected chi connectivity index (χ4v) is 3.25. The van der Waals surface area contributed by atoms with Gasteiger partial charge in [0, 0.05) is 26.2 Å². The summed E-state index contributed by atoms with van der Waals surface area (Å²) < 4.78 is 5.50. The zero-order valence-corrected chi connectivity index (χ0v) is 14.4. The summed E-state index contributed by atoms with van der Waals surface area (Å²) in [4.78, 5) is 40.5. The molecule has 0 saturated carbocycles. The zero-order valence-electron chi connectivity index (χ0n) is 14.4. The minimum atomic E-state index is -0.235. The summed E-state index contributed by atoms with van der Waals surface area (Å²) in [5, 5.41) is 0. The van der Waals surface area contributed by atoms with Crippen molar-refractivity contribution in [2.24, 2.45) is 0 Å². The molecule has 3 rings (SSSR count). The number of amides is 4. The van der Waals surface area contributed by atoms with Gasteiger partial charge in [-0.2, -0.15) is 0 Å². The Labute approximate surface area is 147 Å². The quantitative estimate of drug-likeness (QED) is 0.749.